The van der Waals surface area contributed by atoms with Gasteiger partial charge in [-0.15, -0.1) is 0 Å². The summed E-state index contributed by atoms with van der Waals surface area (Å²) in [5.41, 5.74) is 1.47. The van der Waals surface area contributed by atoms with Crippen LogP contribution in [0.3, 0.4) is 0 Å². The fourth-order valence-corrected chi connectivity index (χ4v) is 3.38. The van der Waals surface area contributed by atoms with Gasteiger partial charge >= 0.3 is 0 Å². The number of hydrogen-bond acceptors (Lipinski definition) is 4. The van der Waals surface area contributed by atoms with Gasteiger partial charge < -0.3 is 15.4 Å². The summed E-state index contributed by atoms with van der Waals surface area (Å²) in [6, 6.07) is 17.5. The van der Waals surface area contributed by atoms with E-state index in [1.807, 2.05) is 54.6 Å². The quantitative estimate of drug-likeness (QED) is 0.710. The second-order valence-electron chi connectivity index (χ2n) is 6.85. The number of pyridine rings is 1. The first-order valence-electron chi connectivity index (χ1n) is 9.36. The van der Waals surface area contributed by atoms with Gasteiger partial charge in [-0.3, -0.25) is 4.79 Å². The van der Waals surface area contributed by atoms with Crippen molar-refractivity contribution in [2.75, 3.05) is 30.4 Å². The zero-order valence-electron chi connectivity index (χ0n) is 15.2. The number of nitrogens with one attached hydrogen (secondary N) is 2. The van der Waals surface area contributed by atoms with Crippen molar-refractivity contribution in [3.8, 4) is 0 Å². The number of anilines is 2. The van der Waals surface area contributed by atoms with Gasteiger partial charge in [0.05, 0.1) is 5.56 Å². The van der Waals surface area contributed by atoms with Crippen LogP contribution in [0, 0.1) is 5.92 Å². The highest BCUT2D eigenvalue weighted by molar-refractivity contribution is 6.08. The van der Waals surface area contributed by atoms with Crippen molar-refractivity contribution in [3.05, 3.63) is 66.4 Å². The van der Waals surface area contributed by atoms with Crippen LogP contribution >= 0.6 is 0 Å². The molecule has 0 unspecified atom stereocenters. The molecule has 5 nitrogen and oxygen atoms in total. The number of rotatable bonds is 5. The monoisotopic (exact) mass is 361 g/mol. The smallest absolute Gasteiger partial charge is 0.258 e. The van der Waals surface area contributed by atoms with Crippen LogP contribution in [0.4, 0.5) is 11.5 Å². The van der Waals surface area contributed by atoms with Gasteiger partial charge in [0, 0.05) is 37.0 Å². The zero-order valence-corrected chi connectivity index (χ0v) is 15.2. The number of carbonyl (C=O) groups excluding carboxylic acids is 1. The molecule has 0 saturated carbocycles. The molecular weight excluding hydrogens is 338 g/mol. The molecule has 1 aliphatic heterocycles. The summed E-state index contributed by atoms with van der Waals surface area (Å²) in [5, 5.41) is 8.46. The van der Waals surface area contributed by atoms with Crippen LogP contribution in [0.25, 0.3) is 10.8 Å². The summed E-state index contributed by atoms with van der Waals surface area (Å²) in [5.74, 6) is 0.975. The molecule has 0 radical (unpaired) electrons. The average Bonchev–Trinajstić information content (AvgIpc) is 2.73. The van der Waals surface area contributed by atoms with Gasteiger partial charge in [0.15, 0.2) is 0 Å². The second-order valence-corrected chi connectivity index (χ2v) is 6.85. The Labute approximate surface area is 158 Å². The number of benzene rings is 2. The molecule has 2 aromatic carbocycles. The van der Waals surface area contributed by atoms with E-state index in [4.69, 9.17) is 4.74 Å². The molecule has 0 atom stereocenters. The van der Waals surface area contributed by atoms with Crippen LogP contribution in [0.1, 0.15) is 23.2 Å². The van der Waals surface area contributed by atoms with Crippen molar-refractivity contribution in [2.24, 2.45) is 5.92 Å². The SMILES string of the molecule is O=C(Nc1cc2ccccc2cn1)c1ccccc1NCC1CCOCC1. The van der Waals surface area contributed by atoms with Crippen LogP contribution in [-0.2, 0) is 4.74 Å². The molecule has 2 N–H and O–H groups in total. The molecular formula is C22H23N3O2. The number of carbonyl (C=O) groups is 1. The van der Waals surface area contributed by atoms with E-state index in [2.05, 4.69) is 15.6 Å². The molecule has 0 spiro atoms. The van der Waals surface area contributed by atoms with Crippen molar-refractivity contribution >= 4 is 28.2 Å². The predicted molar refractivity (Wildman–Crippen MR) is 108 cm³/mol. The van der Waals surface area contributed by atoms with Crippen LogP contribution < -0.4 is 10.6 Å². The first-order valence-corrected chi connectivity index (χ1v) is 9.36. The average molecular weight is 361 g/mol. The first kappa shape index (κ1) is 17.5. The fraction of sp³-hybridized carbons (Fsp3) is 0.273. The second kappa shape index (κ2) is 8.18. The third-order valence-electron chi connectivity index (χ3n) is 4.97. The van der Waals surface area contributed by atoms with Gasteiger partial charge in [0.2, 0.25) is 0 Å². The lowest BCUT2D eigenvalue weighted by Crippen LogP contribution is -2.23. The Hall–Kier alpha value is -2.92. The molecule has 1 amide bonds. The van der Waals surface area contributed by atoms with Crippen molar-refractivity contribution in [1.29, 1.82) is 0 Å². The Morgan fingerprint density at radius 1 is 1.04 bits per heavy atom. The lowest BCUT2D eigenvalue weighted by atomic mass is 10.00. The van der Waals surface area contributed by atoms with E-state index >= 15 is 0 Å². The molecule has 27 heavy (non-hydrogen) atoms. The maximum atomic E-state index is 12.8. The lowest BCUT2D eigenvalue weighted by Gasteiger charge is -2.23. The number of aromatic nitrogens is 1. The molecule has 2 heterocycles. The minimum absolute atomic E-state index is 0.159. The Bertz CT molecular complexity index is 935. The van der Waals surface area contributed by atoms with Gasteiger partial charge in [-0.1, -0.05) is 36.4 Å². The molecule has 1 aliphatic rings. The number of amides is 1. The fourth-order valence-electron chi connectivity index (χ4n) is 3.38. The third kappa shape index (κ3) is 4.26. The molecule has 4 rings (SSSR count). The minimum atomic E-state index is -0.159. The van der Waals surface area contributed by atoms with E-state index < -0.39 is 0 Å². The molecule has 0 aliphatic carbocycles. The third-order valence-corrected chi connectivity index (χ3v) is 4.97. The summed E-state index contributed by atoms with van der Waals surface area (Å²) in [6.07, 6.45) is 3.89. The predicted octanol–water partition coefficient (Wildman–Crippen LogP) is 4.33. The molecule has 1 fully saturated rings. The number of para-hydroxylation sites is 1. The molecule has 1 aromatic heterocycles. The highest BCUT2D eigenvalue weighted by Gasteiger charge is 2.16. The van der Waals surface area contributed by atoms with Crippen LogP contribution in [0.15, 0.2) is 60.8 Å². The lowest BCUT2D eigenvalue weighted by molar-refractivity contribution is 0.0699. The standard InChI is InChI=1S/C22H23N3O2/c26-22(25-21-13-17-5-1-2-6-18(17)15-24-21)19-7-3-4-8-20(19)23-14-16-9-11-27-12-10-16/h1-8,13,15-16,23H,9-12,14H2,(H,24,25,26). The van der Waals surface area contributed by atoms with Gasteiger partial charge in [-0.25, -0.2) is 4.98 Å². The Kier molecular flexibility index (Phi) is 5.30. The summed E-state index contributed by atoms with van der Waals surface area (Å²) in [4.78, 5) is 17.2. The topological polar surface area (TPSA) is 63.2 Å². The Balaban J connectivity index is 1.47. The number of nitrogens with zero attached hydrogens (tertiary/aromatic N) is 1. The summed E-state index contributed by atoms with van der Waals surface area (Å²) in [6.45, 7) is 2.49. The maximum absolute atomic E-state index is 12.8. The molecule has 138 valence electrons. The van der Waals surface area contributed by atoms with E-state index in [9.17, 15) is 4.79 Å². The van der Waals surface area contributed by atoms with E-state index in [0.717, 1.165) is 49.1 Å². The highest BCUT2D eigenvalue weighted by Crippen LogP contribution is 2.21. The van der Waals surface area contributed by atoms with Crippen LogP contribution in [-0.4, -0.2) is 30.6 Å². The minimum Gasteiger partial charge on any atom is -0.384 e. The van der Waals surface area contributed by atoms with Crippen molar-refractivity contribution in [1.82, 2.24) is 4.98 Å². The largest absolute Gasteiger partial charge is 0.384 e. The van der Waals surface area contributed by atoms with E-state index in [0.29, 0.717) is 17.3 Å². The van der Waals surface area contributed by atoms with Crippen LogP contribution in [0.5, 0.6) is 0 Å². The first-order chi connectivity index (χ1) is 13.3. The number of hydrogen-bond donors (Lipinski definition) is 2. The van der Waals surface area contributed by atoms with Gasteiger partial charge in [0.25, 0.3) is 5.91 Å². The zero-order chi connectivity index (χ0) is 18.5. The van der Waals surface area contributed by atoms with E-state index in [1.54, 1.807) is 6.20 Å². The van der Waals surface area contributed by atoms with Crippen molar-refractivity contribution in [2.45, 2.75) is 12.8 Å². The maximum Gasteiger partial charge on any atom is 0.258 e. The van der Waals surface area contributed by atoms with Crippen molar-refractivity contribution < 1.29 is 9.53 Å². The number of fused-ring (bicyclic) bond motifs is 1. The Morgan fingerprint density at radius 3 is 2.63 bits per heavy atom. The van der Waals surface area contributed by atoms with Crippen molar-refractivity contribution in [3.63, 3.8) is 0 Å². The van der Waals surface area contributed by atoms with E-state index in [1.165, 1.54) is 0 Å². The van der Waals surface area contributed by atoms with Crippen LogP contribution in [0.2, 0.25) is 0 Å². The molecule has 5 heteroatoms. The summed E-state index contributed by atoms with van der Waals surface area (Å²) < 4.78 is 5.41. The molecule has 3 aromatic rings. The molecule has 1 saturated heterocycles. The highest BCUT2D eigenvalue weighted by atomic mass is 16.5. The van der Waals surface area contributed by atoms with Gasteiger partial charge in [-0.05, 0) is 42.3 Å². The van der Waals surface area contributed by atoms with E-state index in [-0.39, 0.29) is 5.91 Å². The number of ether oxygens (including phenoxy) is 1. The molecule has 0 bridgehead atoms. The van der Waals surface area contributed by atoms with Gasteiger partial charge in [0.1, 0.15) is 5.82 Å². The normalized spacial score (nSPS) is 14.8. The Morgan fingerprint density at radius 2 is 1.78 bits per heavy atom. The van der Waals surface area contributed by atoms with Gasteiger partial charge in [-0.2, -0.15) is 0 Å². The summed E-state index contributed by atoms with van der Waals surface area (Å²) in [7, 11) is 0. The summed E-state index contributed by atoms with van der Waals surface area (Å²) >= 11 is 0.